The van der Waals surface area contributed by atoms with Crippen LogP contribution in [0.25, 0.3) is 0 Å². The lowest BCUT2D eigenvalue weighted by Crippen LogP contribution is -2.25. The molecule has 0 saturated carbocycles. The molecule has 0 aliphatic carbocycles. The minimum absolute atomic E-state index is 0.128. The monoisotopic (exact) mass is 328 g/mol. The molecule has 0 atom stereocenters. The average molecular weight is 328 g/mol. The minimum Gasteiger partial charge on any atom is -0.481 e. The molecule has 2 aromatic carbocycles. The number of benzene rings is 2. The summed E-state index contributed by atoms with van der Waals surface area (Å²) in [7, 11) is 0. The smallest absolute Gasteiger partial charge is 0.318 e. The maximum Gasteiger partial charge on any atom is 0.318 e. The first kappa shape index (κ1) is 17.0. The summed E-state index contributed by atoms with van der Waals surface area (Å²) in [5, 5.41) is 20.4. The molecule has 0 aliphatic heterocycles. The molecular formula is C17H16N2O5. The fraction of sp³-hybridized carbons (Fsp3) is 0.118. The van der Waals surface area contributed by atoms with Crippen molar-refractivity contribution in [3.63, 3.8) is 0 Å². The van der Waals surface area contributed by atoms with Gasteiger partial charge < -0.3 is 21.3 Å². The van der Waals surface area contributed by atoms with Gasteiger partial charge in [0.15, 0.2) is 5.92 Å². The highest BCUT2D eigenvalue weighted by atomic mass is 16.4. The normalized spacial score (nSPS) is 10.4. The van der Waals surface area contributed by atoms with E-state index < -0.39 is 17.9 Å². The Morgan fingerprint density at radius 3 is 1.96 bits per heavy atom. The van der Waals surface area contributed by atoms with Crippen LogP contribution in [0.4, 0.5) is 11.4 Å². The topological polar surface area (TPSA) is 130 Å². The van der Waals surface area contributed by atoms with E-state index in [9.17, 15) is 14.4 Å². The number of nitrogens with one attached hydrogen (secondary N) is 1. The number of carboxylic acid groups (broad SMARTS) is 2. The Kier molecular flexibility index (Phi) is 5.16. The lowest BCUT2D eigenvalue weighted by molar-refractivity contribution is -0.154. The van der Waals surface area contributed by atoms with E-state index >= 15 is 0 Å². The van der Waals surface area contributed by atoms with Crippen molar-refractivity contribution in [2.75, 3.05) is 11.1 Å². The van der Waals surface area contributed by atoms with Gasteiger partial charge in [-0.1, -0.05) is 12.1 Å². The number of amides is 1. The van der Waals surface area contributed by atoms with Crippen LogP contribution in [0.3, 0.4) is 0 Å². The lowest BCUT2D eigenvalue weighted by Gasteiger charge is -2.09. The van der Waals surface area contributed by atoms with E-state index in [2.05, 4.69) is 5.32 Å². The molecule has 0 unspecified atom stereocenters. The second kappa shape index (κ2) is 7.28. The van der Waals surface area contributed by atoms with Gasteiger partial charge in [0.25, 0.3) is 5.91 Å². The Bertz CT molecular complexity index is 740. The maximum atomic E-state index is 12.1. The van der Waals surface area contributed by atoms with Crippen LogP contribution in [-0.4, -0.2) is 28.1 Å². The van der Waals surface area contributed by atoms with Crippen molar-refractivity contribution in [1.82, 2.24) is 0 Å². The zero-order valence-corrected chi connectivity index (χ0v) is 12.6. The third-order valence-electron chi connectivity index (χ3n) is 3.42. The number of rotatable bonds is 6. The summed E-state index contributed by atoms with van der Waals surface area (Å²) < 4.78 is 0. The number of nitrogens with two attached hydrogens (primary N) is 1. The Labute approximate surface area is 137 Å². The van der Waals surface area contributed by atoms with E-state index in [0.29, 0.717) is 22.5 Å². The van der Waals surface area contributed by atoms with Crippen molar-refractivity contribution >= 4 is 29.2 Å². The maximum absolute atomic E-state index is 12.1. The van der Waals surface area contributed by atoms with Crippen LogP contribution in [0.15, 0.2) is 48.5 Å². The second-order valence-corrected chi connectivity index (χ2v) is 5.21. The van der Waals surface area contributed by atoms with Gasteiger partial charge >= 0.3 is 11.9 Å². The van der Waals surface area contributed by atoms with Crippen LogP contribution in [-0.2, 0) is 16.0 Å². The van der Waals surface area contributed by atoms with E-state index in [1.165, 1.54) is 0 Å². The summed E-state index contributed by atoms with van der Waals surface area (Å²) in [6.45, 7) is 0. The number of hydrogen-bond donors (Lipinski definition) is 4. The predicted molar refractivity (Wildman–Crippen MR) is 87.7 cm³/mol. The zero-order valence-electron chi connectivity index (χ0n) is 12.6. The molecule has 2 rings (SSSR count). The number of carbonyl (C=O) groups excluding carboxylic acids is 1. The van der Waals surface area contributed by atoms with Crippen molar-refractivity contribution in [2.45, 2.75) is 6.42 Å². The number of hydrogen-bond acceptors (Lipinski definition) is 4. The van der Waals surface area contributed by atoms with Crippen molar-refractivity contribution in [3.05, 3.63) is 59.7 Å². The molecule has 0 radical (unpaired) electrons. The van der Waals surface area contributed by atoms with Gasteiger partial charge in [-0.15, -0.1) is 0 Å². The Hall–Kier alpha value is -3.35. The van der Waals surface area contributed by atoms with Crippen LogP contribution >= 0.6 is 0 Å². The Morgan fingerprint density at radius 2 is 1.46 bits per heavy atom. The molecule has 1 amide bonds. The highest BCUT2D eigenvalue weighted by Gasteiger charge is 2.25. The Balaban J connectivity index is 2.04. The van der Waals surface area contributed by atoms with Gasteiger partial charge in [-0.3, -0.25) is 14.4 Å². The molecule has 2 aromatic rings. The molecule has 5 N–H and O–H groups in total. The molecule has 7 nitrogen and oxygen atoms in total. The average Bonchev–Trinajstić information content (AvgIpc) is 2.54. The summed E-state index contributed by atoms with van der Waals surface area (Å²) in [5.74, 6) is -4.58. The molecular weight excluding hydrogens is 312 g/mol. The zero-order chi connectivity index (χ0) is 17.7. The third kappa shape index (κ3) is 4.33. The van der Waals surface area contributed by atoms with Crippen LogP contribution in [0.5, 0.6) is 0 Å². The highest BCUT2D eigenvalue weighted by Crippen LogP contribution is 2.15. The summed E-state index contributed by atoms with van der Waals surface area (Å²) in [5.41, 5.74) is 7.64. The van der Waals surface area contributed by atoms with E-state index in [-0.39, 0.29) is 12.3 Å². The standard InChI is InChI=1S/C17H16N2O5/c18-12-5-3-11(4-6-12)15(20)19-13-7-1-10(2-8-13)9-14(16(21)22)17(23)24/h1-8,14H,9,18H2,(H,19,20)(H,21,22)(H,23,24). The van der Waals surface area contributed by atoms with Gasteiger partial charge in [-0.05, 0) is 48.4 Å². The van der Waals surface area contributed by atoms with Gasteiger partial charge in [0.1, 0.15) is 0 Å². The summed E-state index contributed by atoms with van der Waals surface area (Å²) in [6, 6.07) is 12.8. The first-order valence-corrected chi connectivity index (χ1v) is 7.08. The van der Waals surface area contributed by atoms with Crippen molar-refractivity contribution in [2.24, 2.45) is 5.92 Å². The summed E-state index contributed by atoms with van der Waals surface area (Å²) in [4.78, 5) is 33.8. The van der Waals surface area contributed by atoms with Gasteiger partial charge in [0, 0.05) is 16.9 Å². The SMILES string of the molecule is Nc1ccc(C(=O)Nc2ccc(CC(C(=O)O)C(=O)O)cc2)cc1. The molecule has 7 heteroatoms. The number of carbonyl (C=O) groups is 3. The first-order valence-electron chi connectivity index (χ1n) is 7.08. The molecule has 0 heterocycles. The van der Waals surface area contributed by atoms with Crippen LogP contribution in [0.2, 0.25) is 0 Å². The van der Waals surface area contributed by atoms with Crippen LogP contribution < -0.4 is 11.1 Å². The van der Waals surface area contributed by atoms with E-state index in [1.54, 1.807) is 48.5 Å². The van der Waals surface area contributed by atoms with E-state index in [1.807, 2.05) is 0 Å². The number of carboxylic acids is 2. The molecule has 0 aliphatic rings. The van der Waals surface area contributed by atoms with Crippen molar-refractivity contribution in [3.8, 4) is 0 Å². The molecule has 0 fully saturated rings. The van der Waals surface area contributed by atoms with Gasteiger partial charge in [-0.2, -0.15) is 0 Å². The molecule has 24 heavy (non-hydrogen) atoms. The first-order chi connectivity index (χ1) is 11.4. The van der Waals surface area contributed by atoms with Gasteiger partial charge in [0.05, 0.1) is 0 Å². The van der Waals surface area contributed by atoms with Gasteiger partial charge in [-0.25, -0.2) is 0 Å². The molecule has 0 bridgehead atoms. The van der Waals surface area contributed by atoms with Crippen LogP contribution in [0.1, 0.15) is 15.9 Å². The summed E-state index contributed by atoms with van der Waals surface area (Å²) >= 11 is 0. The fourth-order valence-corrected chi connectivity index (χ4v) is 2.08. The third-order valence-corrected chi connectivity index (χ3v) is 3.42. The van der Waals surface area contributed by atoms with Crippen LogP contribution in [0, 0.1) is 5.92 Å². The lowest BCUT2D eigenvalue weighted by atomic mass is 9.99. The largest absolute Gasteiger partial charge is 0.481 e. The summed E-state index contributed by atoms with van der Waals surface area (Å²) in [6.07, 6.45) is -0.128. The minimum atomic E-state index is -1.50. The fourth-order valence-electron chi connectivity index (χ4n) is 2.08. The van der Waals surface area contributed by atoms with Crippen molar-refractivity contribution in [1.29, 1.82) is 0 Å². The molecule has 0 spiro atoms. The highest BCUT2D eigenvalue weighted by molar-refractivity contribution is 6.04. The number of aliphatic carboxylic acids is 2. The number of nitrogen functional groups attached to an aromatic ring is 1. The number of anilines is 2. The van der Waals surface area contributed by atoms with Gasteiger partial charge in [0.2, 0.25) is 0 Å². The quantitative estimate of drug-likeness (QED) is 0.473. The molecule has 0 saturated heterocycles. The molecule has 0 aromatic heterocycles. The Morgan fingerprint density at radius 1 is 0.917 bits per heavy atom. The second-order valence-electron chi connectivity index (χ2n) is 5.21. The van der Waals surface area contributed by atoms with E-state index in [0.717, 1.165) is 0 Å². The van der Waals surface area contributed by atoms with Crippen molar-refractivity contribution < 1.29 is 24.6 Å². The van der Waals surface area contributed by atoms with E-state index in [4.69, 9.17) is 15.9 Å². The predicted octanol–water partition coefficient (Wildman–Crippen LogP) is 1.85. The molecule has 124 valence electrons.